The van der Waals surface area contributed by atoms with Crippen molar-refractivity contribution in [1.82, 2.24) is 19.7 Å². The molecule has 0 aromatic carbocycles. The molecular weight excluding hydrogens is 164 g/mol. The molecule has 0 bridgehead atoms. The maximum atomic E-state index is 4.25. The van der Waals surface area contributed by atoms with E-state index in [1.165, 1.54) is 25.9 Å². The van der Waals surface area contributed by atoms with Gasteiger partial charge in [0.1, 0.15) is 12.2 Å². The summed E-state index contributed by atoms with van der Waals surface area (Å²) >= 11 is 0. The Labute approximate surface area is 78.6 Å². The van der Waals surface area contributed by atoms with Crippen LogP contribution < -0.4 is 0 Å². The largest absolute Gasteiger partial charge is 0.306 e. The summed E-state index contributed by atoms with van der Waals surface area (Å²) in [5.74, 6) is 1.04. The van der Waals surface area contributed by atoms with Crippen molar-refractivity contribution in [2.45, 2.75) is 25.8 Å². The quantitative estimate of drug-likeness (QED) is 0.642. The third kappa shape index (κ3) is 1.72. The van der Waals surface area contributed by atoms with E-state index >= 15 is 0 Å². The van der Waals surface area contributed by atoms with Crippen molar-refractivity contribution >= 4 is 0 Å². The van der Waals surface area contributed by atoms with Gasteiger partial charge in [0.05, 0.1) is 6.04 Å². The molecular formula is C9H16N4. The molecule has 4 heteroatoms. The molecule has 0 aliphatic carbocycles. The first-order valence-corrected chi connectivity index (χ1v) is 4.82. The van der Waals surface area contributed by atoms with Crippen LogP contribution in [0.2, 0.25) is 0 Å². The molecule has 2 rings (SSSR count). The van der Waals surface area contributed by atoms with E-state index in [1.807, 2.05) is 6.92 Å². The smallest absolute Gasteiger partial charge is 0.138 e. The standard InChI is InChI=1S/C9H16N4/c1-8-10-7-11-13(8)9-3-5-12(2)6-4-9/h7,9H,3-6H2,1-2H3. The van der Waals surface area contributed by atoms with Crippen LogP contribution in [-0.4, -0.2) is 39.8 Å². The average Bonchev–Trinajstić information content (AvgIpc) is 2.53. The van der Waals surface area contributed by atoms with E-state index in [0.717, 1.165) is 5.82 Å². The predicted octanol–water partition coefficient (Wildman–Crippen LogP) is 0.853. The molecule has 0 radical (unpaired) electrons. The topological polar surface area (TPSA) is 34.0 Å². The first-order valence-electron chi connectivity index (χ1n) is 4.82. The Morgan fingerprint density at radius 3 is 2.62 bits per heavy atom. The molecule has 0 saturated carbocycles. The van der Waals surface area contributed by atoms with Gasteiger partial charge < -0.3 is 4.90 Å². The van der Waals surface area contributed by atoms with Crippen molar-refractivity contribution < 1.29 is 0 Å². The van der Waals surface area contributed by atoms with E-state index in [9.17, 15) is 0 Å². The normalized spacial score (nSPS) is 20.8. The zero-order valence-corrected chi connectivity index (χ0v) is 8.27. The first-order chi connectivity index (χ1) is 6.27. The Bertz CT molecular complexity index is 273. The molecule has 72 valence electrons. The Morgan fingerprint density at radius 2 is 2.08 bits per heavy atom. The predicted molar refractivity (Wildman–Crippen MR) is 50.5 cm³/mol. The second-order valence-electron chi connectivity index (χ2n) is 3.79. The minimum absolute atomic E-state index is 0.568. The van der Waals surface area contributed by atoms with Crippen LogP contribution in [0, 0.1) is 6.92 Å². The van der Waals surface area contributed by atoms with Gasteiger partial charge in [0.2, 0.25) is 0 Å². The van der Waals surface area contributed by atoms with Crippen molar-refractivity contribution in [3.8, 4) is 0 Å². The lowest BCUT2D eigenvalue weighted by Gasteiger charge is -2.29. The molecule has 1 aliphatic rings. The Kier molecular flexibility index (Phi) is 2.31. The van der Waals surface area contributed by atoms with Crippen LogP contribution in [0.15, 0.2) is 6.33 Å². The Balaban J connectivity index is 2.06. The van der Waals surface area contributed by atoms with Gasteiger partial charge in [0.25, 0.3) is 0 Å². The molecule has 1 aromatic rings. The summed E-state index contributed by atoms with van der Waals surface area (Å²) in [5.41, 5.74) is 0. The lowest BCUT2D eigenvalue weighted by Crippen LogP contribution is -2.32. The average molecular weight is 180 g/mol. The molecule has 4 nitrogen and oxygen atoms in total. The number of hydrogen-bond donors (Lipinski definition) is 0. The monoisotopic (exact) mass is 180 g/mol. The van der Waals surface area contributed by atoms with E-state index in [-0.39, 0.29) is 0 Å². The van der Waals surface area contributed by atoms with E-state index in [0.29, 0.717) is 6.04 Å². The molecule has 1 aliphatic heterocycles. The van der Waals surface area contributed by atoms with Crippen molar-refractivity contribution in [3.05, 3.63) is 12.2 Å². The van der Waals surface area contributed by atoms with Gasteiger partial charge in [-0.2, -0.15) is 5.10 Å². The van der Waals surface area contributed by atoms with Crippen LogP contribution >= 0.6 is 0 Å². The number of aryl methyl sites for hydroxylation is 1. The van der Waals surface area contributed by atoms with E-state index in [2.05, 4.69) is 26.7 Å². The summed E-state index contributed by atoms with van der Waals surface area (Å²) in [7, 11) is 2.17. The molecule has 0 spiro atoms. The molecule has 0 atom stereocenters. The van der Waals surface area contributed by atoms with Crippen molar-refractivity contribution in [2.75, 3.05) is 20.1 Å². The third-order valence-corrected chi connectivity index (χ3v) is 2.79. The van der Waals surface area contributed by atoms with Crippen LogP contribution in [-0.2, 0) is 0 Å². The van der Waals surface area contributed by atoms with Crippen LogP contribution in [0.3, 0.4) is 0 Å². The molecule has 1 aromatic heterocycles. The van der Waals surface area contributed by atoms with Crippen molar-refractivity contribution in [2.24, 2.45) is 0 Å². The summed E-state index contributed by atoms with van der Waals surface area (Å²) in [4.78, 5) is 6.51. The lowest BCUT2D eigenvalue weighted by atomic mass is 10.1. The van der Waals surface area contributed by atoms with Crippen LogP contribution in [0.4, 0.5) is 0 Å². The van der Waals surface area contributed by atoms with Gasteiger partial charge >= 0.3 is 0 Å². The van der Waals surface area contributed by atoms with Gasteiger partial charge in [0, 0.05) is 0 Å². The molecule has 1 saturated heterocycles. The number of likely N-dealkylation sites (tertiary alicyclic amines) is 1. The Hall–Kier alpha value is -0.900. The Morgan fingerprint density at radius 1 is 1.38 bits per heavy atom. The second kappa shape index (κ2) is 3.46. The number of rotatable bonds is 1. The van der Waals surface area contributed by atoms with Gasteiger partial charge in [0.15, 0.2) is 0 Å². The minimum Gasteiger partial charge on any atom is -0.306 e. The second-order valence-corrected chi connectivity index (χ2v) is 3.79. The highest BCUT2D eigenvalue weighted by atomic mass is 15.4. The molecule has 1 fully saturated rings. The summed E-state index contributed by atoms with van der Waals surface area (Å²) in [5, 5.41) is 4.25. The van der Waals surface area contributed by atoms with Gasteiger partial charge in [-0.15, -0.1) is 0 Å². The number of hydrogen-bond acceptors (Lipinski definition) is 3. The number of piperidine rings is 1. The van der Waals surface area contributed by atoms with E-state index in [4.69, 9.17) is 0 Å². The molecule has 0 N–H and O–H groups in total. The third-order valence-electron chi connectivity index (χ3n) is 2.79. The highest BCUT2D eigenvalue weighted by Crippen LogP contribution is 2.21. The van der Waals surface area contributed by atoms with Crippen molar-refractivity contribution in [1.29, 1.82) is 0 Å². The maximum Gasteiger partial charge on any atom is 0.138 e. The summed E-state index contributed by atoms with van der Waals surface area (Å²) in [6.07, 6.45) is 4.04. The van der Waals surface area contributed by atoms with Crippen LogP contribution in [0.1, 0.15) is 24.7 Å². The van der Waals surface area contributed by atoms with Crippen molar-refractivity contribution in [3.63, 3.8) is 0 Å². The SMILES string of the molecule is Cc1ncnn1C1CCN(C)CC1. The molecule has 0 unspecified atom stereocenters. The fourth-order valence-corrected chi connectivity index (χ4v) is 1.91. The highest BCUT2D eigenvalue weighted by Gasteiger charge is 2.19. The zero-order chi connectivity index (χ0) is 9.26. The lowest BCUT2D eigenvalue weighted by molar-refractivity contribution is 0.210. The van der Waals surface area contributed by atoms with Gasteiger partial charge in [-0.25, -0.2) is 9.67 Å². The maximum absolute atomic E-state index is 4.25. The minimum atomic E-state index is 0.568. The first kappa shape index (κ1) is 8.69. The number of aromatic nitrogens is 3. The van der Waals surface area contributed by atoms with E-state index < -0.39 is 0 Å². The fraction of sp³-hybridized carbons (Fsp3) is 0.778. The molecule has 13 heavy (non-hydrogen) atoms. The van der Waals surface area contributed by atoms with Gasteiger partial charge in [-0.1, -0.05) is 0 Å². The van der Waals surface area contributed by atoms with Gasteiger partial charge in [-0.05, 0) is 39.9 Å². The summed E-state index contributed by atoms with van der Waals surface area (Å²) in [6.45, 7) is 4.36. The summed E-state index contributed by atoms with van der Waals surface area (Å²) in [6, 6.07) is 0.568. The van der Waals surface area contributed by atoms with E-state index in [1.54, 1.807) is 6.33 Å². The zero-order valence-electron chi connectivity index (χ0n) is 8.27. The van der Waals surface area contributed by atoms with Crippen LogP contribution in [0.25, 0.3) is 0 Å². The summed E-state index contributed by atoms with van der Waals surface area (Å²) < 4.78 is 2.06. The highest BCUT2D eigenvalue weighted by molar-refractivity contribution is 4.85. The van der Waals surface area contributed by atoms with Gasteiger partial charge in [-0.3, -0.25) is 0 Å². The molecule has 2 heterocycles. The number of nitrogens with zero attached hydrogens (tertiary/aromatic N) is 4. The molecule has 0 amide bonds. The van der Waals surface area contributed by atoms with Crippen LogP contribution in [0.5, 0.6) is 0 Å². The fourth-order valence-electron chi connectivity index (χ4n) is 1.91.